The molecule has 2 rings (SSSR count). The van der Waals surface area contributed by atoms with E-state index >= 15 is 0 Å². The van der Waals surface area contributed by atoms with E-state index in [4.69, 9.17) is 14.5 Å². The van der Waals surface area contributed by atoms with Gasteiger partial charge in [0.1, 0.15) is 5.75 Å². The zero-order valence-corrected chi connectivity index (χ0v) is 19.4. The summed E-state index contributed by atoms with van der Waals surface area (Å²) >= 11 is 0. The van der Waals surface area contributed by atoms with E-state index in [-0.39, 0.29) is 24.0 Å². The first-order valence-electron chi connectivity index (χ1n) is 10.0. The molecule has 27 heavy (non-hydrogen) atoms. The van der Waals surface area contributed by atoms with Crippen LogP contribution in [0.25, 0.3) is 0 Å². The highest BCUT2D eigenvalue weighted by Gasteiger charge is 2.18. The SMILES string of the molecule is CCCCOc1ccc(CCN=C(NCC)N(C)CC2CCOC2)cc1.I. The molecule has 0 radical (unpaired) electrons. The lowest BCUT2D eigenvalue weighted by molar-refractivity contribution is 0.181. The number of nitrogens with one attached hydrogen (secondary N) is 1. The Labute approximate surface area is 181 Å². The molecule has 1 saturated heterocycles. The van der Waals surface area contributed by atoms with Crippen LogP contribution in [0.4, 0.5) is 0 Å². The molecule has 1 unspecified atom stereocenters. The van der Waals surface area contributed by atoms with E-state index in [2.05, 4.69) is 55.4 Å². The van der Waals surface area contributed by atoms with Crippen LogP contribution in [-0.2, 0) is 11.2 Å². The Morgan fingerprint density at radius 3 is 2.70 bits per heavy atom. The molecule has 6 heteroatoms. The molecule has 1 heterocycles. The quantitative estimate of drug-likeness (QED) is 0.234. The molecular weight excluding hydrogens is 453 g/mol. The van der Waals surface area contributed by atoms with Crippen molar-refractivity contribution < 1.29 is 9.47 Å². The molecule has 1 aromatic rings. The van der Waals surface area contributed by atoms with E-state index in [9.17, 15) is 0 Å². The van der Waals surface area contributed by atoms with Crippen molar-refractivity contribution in [2.75, 3.05) is 46.5 Å². The summed E-state index contributed by atoms with van der Waals surface area (Å²) in [5.41, 5.74) is 1.29. The predicted octanol–water partition coefficient (Wildman–Crippen LogP) is 3.96. The standard InChI is InChI=1S/C21H35N3O2.HI/c1-4-6-14-26-20-9-7-18(8-10-20)11-13-23-21(22-5-2)24(3)16-19-12-15-25-17-19;/h7-10,19H,4-6,11-17H2,1-3H3,(H,22,23);1H. The highest BCUT2D eigenvalue weighted by atomic mass is 127. The lowest BCUT2D eigenvalue weighted by Crippen LogP contribution is -2.41. The zero-order valence-electron chi connectivity index (χ0n) is 17.1. The molecule has 1 aliphatic rings. The van der Waals surface area contributed by atoms with Gasteiger partial charge in [-0.15, -0.1) is 24.0 Å². The minimum absolute atomic E-state index is 0. The van der Waals surface area contributed by atoms with Gasteiger partial charge in [0.05, 0.1) is 13.2 Å². The number of rotatable bonds is 10. The first-order chi connectivity index (χ1) is 12.7. The number of nitrogens with zero attached hydrogens (tertiary/aromatic N) is 2. The lowest BCUT2D eigenvalue weighted by atomic mass is 10.1. The van der Waals surface area contributed by atoms with E-state index in [1.807, 2.05) is 0 Å². The minimum Gasteiger partial charge on any atom is -0.494 e. The van der Waals surface area contributed by atoms with Gasteiger partial charge in [-0.25, -0.2) is 0 Å². The molecule has 1 aromatic carbocycles. The molecule has 154 valence electrons. The summed E-state index contributed by atoms with van der Waals surface area (Å²) in [5, 5.41) is 3.40. The second-order valence-corrected chi connectivity index (χ2v) is 6.94. The molecule has 0 saturated carbocycles. The number of hydrogen-bond donors (Lipinski definition) is 1. The molecule has 1 aliphatic heterocycles. The van der Waals surface area contributed by atoms with Crippen LogP contribution in [-0.4, -0.2) is 57.4 Å². The number of hydrogen-bond acceptors (Lipinski definition) is 3. The Balaban J connectivity index is 0.00000364. The first kappa shape index (κ1) is 24.0. The van der Waals surface area contributed by atoms with Gasteiger partial charge in [0.15, 0.2) is 5.96 Å². The van der Waals surface area contributed by atoms with Gasteiger partial charge in [-0.3, -0.25) is 4.99 Å². The van der Waals surface area contributed by atoms with Crippen molar-refractivity contribution >= 4 is 29.9 Å². The maximum atomic E-state index is 5.72. The fourth-order valence-electron chi connectivity index (χ4n) is 3.05. The zero-order chi connectivity index (χ0) is 18.6. The van der Waals surface area contributed by atoms with E-state index in [0.717, 1.165) is 76.8 Å². The van der Waals surface area contributed by atoms with E-state index in [0.29, 0.717) is 5.92 Å². The number of guanidine groups is 1. The van der Waals surface area contributed by atoms with Gasteiger partial charge < -0.3 is 19.7 Å². The second-order valence-electron chi connectivity index (χ2n) is 6.94. The summed E-state index contributed by atoms with van der Waals surface area (Å²) in [6.07, 6.45) is 4.34. The van der Waals surface area contributed by atoms with Crippen molar-refractivity contribution in [3.05, 3.63) is 29.8 Å². The van der Waals surface area contributed by atoms with Gasteiger partial charge in [0.25, 0.3) is 0 Å². The summed E-state index contributed by atoms with van der Waals surface area (Å²) in [6, 6.07) is 8.41. The van der Waals surface area contributed by atoms with Gasteiger partial charge in [-0.2, -0.15) is 0 Å². The van der Waals surface area contributed by atoms with Crippen LogP contribution in [0.2, 0.25) is 0 Å². The highest BCUT2D eigenvalue weighted by Crippen LogP contribution is 2.14. The summed E-state index contributed by atoms with van der Waals surface area (Å²) in [5.74, 6) is 2.56. The molecule has 0 aromatic heterocycles. The van der Waals surface area contributed by atoms with Crippen molar-refractivity contribution in [1.29, 1.82) is 0 Å². The Bertz CT molecular complexity index is 531. The Hall–Kier alpha value is -1.02. The van der Waals surface area contributed by atoms with E-state index < -0.39 is 0 Å². The third-order valence-corrected chi connectivity index (χ3v) is 4.60. The molecule has 0 amide bonds. The van der Waals surface area contributed by atoms with Crippen LogP contribution >= 0.6 is 24.0 Å². The molecule has 5 nitrogen and oxygen atoms in total. The molecule has 0 bridgehead atoms. The molecule has 1 atom stereocenters. The van der Waals surface area contributed by atoms with E-state index in [1.54, 1.807) is 0 Å². The van der Waals surface area contributed by atoms with Crippen LogP contribution in [0.3, 0.4) is 0 Å². The summed E-state index contributed by atoms with van der Waals surface area (Å²) in [6.45, 7) is 9.51. The normalized spacial score (nSPS) is 16.7. The van der Waals surface area contributed by atoms with Crippen LogP contribution < -0.4 is 10.1 Å². The van der Waals surface area contributed by atoms with E-state index in [1.165, 1.54) is 5.56 Å². The molecule has 0 aliphatic carbocycles. The Morgan fingerprint density at radius 1 is 1.30 bits per heavy atom. The van der Waals surface area contributed by atoms with Crippen molar-refractivity contribution in [3.63, 3.8) is 0 Å². The van der Waals surface area contributed by atoms with Gasteiger partial charge in [0.2, 0.25) is 0 Å². The van der Waals surface area contributed by atoms with Gasteiger partial charge in [-0.05, 0) is 43.9 Å². The molecule has 0 spiro atoms. The summed E-state index contributed by atoms with van der Waals surface area (Å²) in [7, 11) is 2.11. The van der Waals surface area contributed by atoms with Crippen LogP contribution in [0.1, 0.15) is 38.7 Å². The summed E-state index contributed by atoms with van der Waals surface area (Å²) < 4.78 is 11.2. The lowest BCUT2D eigenvalue weighted by Gasteiger charge is -2.24. The summed E-state index contributed by atoms with van der Waals surface area (Å²) in [4.78, 5) is 7.02. The van der Waals surface area contributed by atoms with Crippen LogP contribution in [0, 0.1) is 5.92 Å². The van der Waals surface area contributed by atoms with Gasteiger partial charge in [-0.1, -0.05) is 25.5 Å². The number of ether oxygens (including phenoxy) is 2. The van der Waals surface area contributed by atoms with Crippen LogP contribution in [0.5, 0.6) is 5.75 Å². The number of benzene rings is 1. The first-order valence-corrected chi connectivity index (χ1v) is 10.0. The Kier molecular flexibility index (Phi) is 12.5. The molecular formula is C21H36IN3O2. The van der Waals surface area contributed by atoms with Crippen LogP contribution in [0.15, 0.2) is 29.3 Å². The van der Waals surface area contributed by atoms with Crippen molar-refractivity contribution in [2.45, 2.75) is 39.5 Å². The smallest absolute Gasteiger partial charge is 0.193 e. The fraction of sp³-hybridized carbons (Fsp3) is 0.667. The van der Waals surface area contributed by atoms with Crippen molar-refractivity contribution in [2.24, 2.45) is 10.9 Å². The molecule has 1 fully saturated rings. The topological polar surface area (TPSA) is 46.1 Å². The number of halogens is 1. The number of aliphatic imine (C=N–C) groups is 1. The highest BCUT2D eigenvalue weighted by molar-refractivity contribution is 14.0. The maximum absolute atomic E-state index is 5.72. The average molecular weight is 489 g/mol. The maximum Gasteiger partial charge on any atom is 0.193 e. The predicted molar refractivity (Wildman–Crippen MR) is 123 cm³/mol. The largest absolute Gasteiger partial charge is 0.494 e. The third kappa shape index (κ3) is 9.14. The average Bonchev–Trinajstić information content (AvgIpc) is 3.15. The second kappa shape index (κ2) is 14.0. The van der Waals surface area contributed by atoms with Crippen molar-refractivity contribution in [1.82, 2.24) is 10.2 Å². The monoisotopic (exact) mass is 489 g/mol. The Morgan fingerprint density at radius 2 is 2.07 bits per heavy atom. The van der Waals surface area contributed by atoms with Gasteiger partial charge >= 0.3 is 0 Å². The van der Waals surface area contributed by atoms with Crippen molar-refractivity contribution in [3.8, 4) is 5.75 Å². The van der Waals surface area contributed by atoms with Gasteiger partial charge in [0, 0.05) is 39.2 Å². The third-order valence-electron chi connectivity index (χ3n) is 4.60. The minimum atomic E-state index is 0. The number of unbranched alkanes of at least 4 members (excludes halogenated alkanes) is 1. The molecule has 1 N–H and O–H groups in total. The fourth-order valence-corrected chi connectivity index (χ4v) is 3.05.